The van der Waals surface area contributed by atoms with Crippen molar-refractivity contribution in [2.45, 2.75) is 22.6 Å². The molecule has 16 heavy (non-hydrogen) atoms. The van der Waals surface area contributed by atoms with E-state index in [1.54, 1.807) is 29.3 Å². The third-order valence-corrected chi connectivity index (χ3v) is 4.07. The second-order valence-electron chi connectivity index (χ2n) is 3.17. The maximum Gasteiger partial charge on any atom is 0.163 e. The highest BCUT2D eigenvalue weighted by Gasteiger charge is 2.10. The second kappa shape index (κ2) is 5.27. The normalized spacial score (nSPS) is 10.3. The van der Waals surface area contributed by atoms with Gasteiger partial charge in [-0.1, -0.05) is 36.9 Å². The number of benzene rings is 1. The highest BCUT2D eigenvalue weighted by Crippen LogP contribution is 2.32. The molecule has 0 amide bonds. The molecule has 0 unspecified atom stereocenters. The van der Waals surface area contributed by atoms with Crippen LogP contribution in [0.15, 0.2) is 45.1 Å². The van der Waals surface area contributed by atoms with Crippen LogP contribution in [0, 0.1) is 0 Å². The maximum atomic E-state index is 11.7. The summed E-state index contributed by atoms with van der Waals surface area (Å²) in [6, 6.07) is 7.69. The van der Waals surface area contributed by atoms with Crippen molar-refractivity contribution in [3.8, 4) is 0 Å². The van der Waals surface area contributed by atoms with Gasteiger partial charge in [0.05, 0.1) is 0 Å². The minimum atomic E-state index is 0.180. The fraction of sp³-hybridized carbons (Fsp3) is 0.167. The zero-order chi connectivity index (χ0) is 11.4. The van der Waals surface area contributed by atoms with Gasteiger partial charge in [-0.25, -0.2) is 4.98 Å². The van der Waals surface area contributed by atoms with Gasteiger partial charge in [-0.05, 0) is 6.07 Å². The van der Waals surface area contributed by atoms with Crippen molar-refractivity contribution in [1.29, 1.82) is 0 Å². The van der Waals surface area contributed by atoms with Gasteiger partial charge in [0.15, 0.2) is 10.1 Å². The highest BCUT2D eigenvalue weighted by molar-refractivity contribution is 8.01. The Labute approximate surface area is 103 Å². The zero-order valence-electron chi connectivity index (χ0n) is 8.84. The summed E-state index contributed by atoms with van der Waals surface area (Å²) in [6.45, 7) is 1.88. The van der Waals surface area contributed by atoms with E-state index < -0.39 is 0 Å². The average Bonchev–Trinajstić information content (AvgIpc) is 2.82. The van der Waals surface area contributed by atoms with Crippen LogP contribution in [-0.2, 0) is 0 Å². The number of Topliss-reactive ketones (excluding diaryl/α,β-unsaturated/α-hetero) is 1. The fourth-order valence-electron chi connectivity index (χ4n) is 1.33. The van der Waals surface area contributed by atoms with Crippen LogP contribution in [0.5, 0.6) is 0 Å². The topological polar surface area (TPSA) is 30.0 Å². The molecule has 0 saturated heterocycles. The summed E-state index contributed by atoms with van der Waals surface area (Å²) in [7, 11) is 0. The molecule has 0 radical (unpaired) electrons. The Morgan fingerprint density at radius 1 is 1.44 bits per heavy atom. The lowest BCUT2D eigenvalue weighted by molar-refractivity contribution is 0.0985. The minimum Gasteiger partial charge on any atom is -0.294 e. The van der Waals surface area contributed by atoms with Gasteiger partial charge in [0.1, 0.15) is 0 Å². The predicted molar refractivity (Wildman–Crippen MR) is 67.3 cm³/mol. The quantitative estimate of drug-likeness (QED) is 0.770. The van der Waals surface area contributed by atoms with E-state index in [4.69, 9.17) is 0 Å². The van der Waals surface area contributed by atoms with E-state index in [1.807, 2.05) is 36.6 Å². The first kappa shape index (κ1) is 11.4. The van der Waals surface area contributed by atoms with E-state index in [0.29, 0.717) is 6.42 Å². The van der Waals surface area contributed by atoms with Gasteiger partial charge in [-0.3, -0.25) is 4.79 Å². The van der Waals surface area contributed by atoms with Gasteiger partial charge < -0.3 is 0 Å². The Bertz CT molecular complexity index is 480. The Balaban J connectivity index is 2.30. The van der Waals surface area contributed by atoms with Crippen molar-refractivity contribution in [1.82, 2.24) is 4.98 Å². The summed E-state index contributed by atoms with van der Waals surface area (Å²) in [6.07, 6.45) is 2.31. The summed E-state index contributed by atoms with van der Waals surface area (Å²) in [5.74, 6) is 0.180. The maximum absolute atomic E-state index is 11.7. The third kappa shape index (κ3) is 2.51. The first-order chi connectivity index (χ1) is 7.81. The number of rotatable bonds is 4. The Morgan fingerprint density at radius 3 is 2.94 bits per heavy atom. The SMILES string of the molecule is CCC(=O)c1ccccc1Sc1nccs1. The number of thiazole rings is 1. The monoisotopic (exact) mass is 249 g/mol. The van der Waals surface area contributed by atoms with Crippen molar-refractivity contribution in [3.63, 3.8) is 0 Å². The zero-order valence-corrected chi connectivity index (χ0v) is 10.5. The number of aromatic nitrogens is 1. The lowest BCUT2D eigenvalue weighted by Gasteiger charge is -2.04. The number of hydrogen-bond donors (Lipinski definition) is 0. The van der Waals surface area contributed by atoms with Crippen molar-refractivity contribution < 1.29 is 4.79 Å². The summed E-state index contributed by atoms with van der Waals surface area (Å²) >= 11 is 3.14. The van der Waals surface area contributed by atoms with Gasteiger partial charge in [-0.15, -0.1) is 11.3 Å². The van der Waals surface area contributed by atoms with Crippen LogP contribution < -0.4 is 0 Å². The molecule has 2 aromatic rings. The molecule has 2 rings (SSSR count). The molecule has 82 valence electrons. The van der Waals surface area contributed by atoms with Crippen LogP contribution in [0.25, 0.3) is 0 Å². The smallest absolute Gasteiger partial charge is 0.163 e. The standard InChI is InChI=1S/C12H11NOS2/c1-2-10(14)9-5-3-4-6-11(9)16-12-13-7-8-15-12/h3-8H,2H2,1H3. The van der Waals surface area contributed by atoms with Crippen LogP contribution in [-0.4, -0.2) is 10.8 Å². The molecule has 2 nitrogen and oxygen atoms in total. The lowest BCUT2D eigenvalue weighted by atomic mass is 10.1. The molecular weight excluding hydrogens is 238 g/mol. The molecule has 0 aliphatic heterocycles. The molecule has 0 saturated carbocycles. The van der Waals surface area contributed by atoms with Gasteiger partial charge in [0, 0.05) is 28.5 Å². The predicted octanol–water partition coefficient (Wildman–Crippen LogP) is 3.89. The van der Waals surface area contributed by atoms with E-state index in [-0.39, 0.29) is 5.78 Å². The highest BCUT2D eigenvalue weighted by atomic mass is 32.2. The molecule has 0 atom stereocenters. The number of ketones is 1. The van der Waals surface area contributed by atoms with Crippen LogP contribution in [0.2, 0.25) is 0 Å². The van der Waals surface area contributed by atoms with Gasteiger partial charge >= 0.3 is 0 Å². The third-order valence-electron chi connectivity index (χ3n) is 2.12. The van der Waals surface area contributed by atoms with Crippen molar-refractivity contribution in [2.24, 2.45) is 0 Å². The first-order valence-corrected chi connectivity index (χ1v) is 6.70. The molecule has 0 aliphatic carbocycles. The fourth-order valence-corrected chi connectivity index (χ4v) is 3.06. The number of carbonyl (C=O) groups excluding carboxylic acids is 1. The van der Waals surface area contributed by atoms with Crippen molar-refractivity contribution in [3.05, 3.63) is 41.4 Å². The lowest BCUT2D eigenvalue weighted by Crippen LogP contribution is -1.98. The van der Waals surface area contributed by atoms with E-state index in [2.05, 4.69) is 4.98 Å². The largest absolute Gasteiger partial charge is 0.294 e. The minimum absolute atomic E-state index is 0.180. The Kier molecular flexibility index (Phi) is 3.74. The summed E-state index contributed by atoms with van der Waals surface area (Å²) in [5, 5.41) is 1.94. The molecule has 0 aliphatic rings. The molecule has 1 heterocycles. The molecule has 1 aromatic heterocycles. The van der Waals surface area contributed by atoms with Gasteiger partial charge in [-0.2, -0.15) is 0 Å². The Morgan fingerprint density at radius 2 is 2.25 bits per heavy atom. The van der Waals surface area contributed by atoms with E-state index in [9.17, 15) is 4.79 Å². The van der Waals surface area contributed by atoms with Crippen LogP contribution in [0.1, 0.15) is 23.7 Å². The van der Waals surface area contributed by atoms with Gasteiger partial charge in [0.2, 0.25) is 0 Å². The molecule has 0 fully saturated rings. The second-order valence-corrected chi connectivity index (χ2v) is 5.36. The van der Waals surface area contributed by atoms with E-state index >= 15 is 0 Å². The molecule has 1 aromatic carbocycles. The van der Waals surface area contributed by atoms with Crippen molar-refractivity contribution in [2.75, 3.05) is 0 Å². The summed E-state index contributed by atoms with van der Waals surface area (Å²) in [4.78, 5) is 16.9. The molecular formula is C12H11NOS2. The van der Waals surface area contributed by atoms with E-state index in [0.717, 1.165) is 14.8 Å². The number of hydrogen-bond acceptors (Lipinski definition) is 4. The number of nitrogens with zero attached hydrogens (tertiary/aromatic N) is 1. The molecule has 0 bridgehead atoms. The van der Waals surface area contributed by atoms with Gasteiger partial charge in [0.25, 0.3) is 0 Å². The van der Waals surface area contributed by atoms with Crippen LogP contribution in [0.3, 0.4) is 0 Å². The average molecular weight is 249 g/mol. The van der Waals surface area contributed by atoms with E-state index in [1.165, 1.54) is 0 Å². The van der Waals surface area contributed by atoms with Crippen molar-refractivity contribution >= 4 is 28.9 Å². The van der Waals surface area contributed by atoms with Crippen LogP contribution >= 0.6 is 23.1 Å². The number of carbonyl (C=O) groups is 1. The molecule has 0 N–H and O–H groups in total. The molecule has 4 heteroatoms. The van der Waals surface area contributed by atoms with Crippen LogP contribution in [0.4, 0.5) is 0 Å². The first-order valence-electron chi connectivity index (χ1n) is 5.01. The Hall–Kier alpha value is -1.13. The summed E-state index contributed by atoms with van der Waals surface area (Å²) in [5.41, 5.74) is 0.796. The summed E-state index contributed by atoms with van der Waals surface area (Å²) < 4.78 is 0.969. The molecule has 0 spiro atoms.